The van der Waals surface area contributed by atoms with Crippen LogP contribution in [0.3, 0.4) is 0 Å². The molecule has 2 aliphatic rings. The molecule has 3 nitrogen and oxygen atoms in total. The Kier molecular flexibility index (Phi) is 1.68. The lowest BCUT2D eigenvalue weighted by Crippen LogP contribution is -2.13. The lowest BCUT2D eigenvalue weighted by molar-refractivity contribution is -0.145. The standard InChI is InChI=1S/C9H12O3/c1-2-12-9(11)8-5-3-4-6(10)7(5)8/h3-8,10H,2H2,1H3/t5-,6+,7-,8+/m1/s1. The fourth-order valence-electron chi connectivity index (χ4n) is 1.97. The van der Waals surface area contributed by atoms with E-state index in [-0.39, 0.29) is 23.7 Å². The van der Waals surface area contributed by atoms with Crippen LogP contribution in [-0.2, 0) is 9.53 Å². The van der Waals surface area contributed by atoms with Crippen LogP contribution in [0, 0.1) is 17.8 Å². The summed E-state index contributed by atoms with van der Waals surface area (Å²) in [5.41, 5.74) is 0. The van der Waals surface area contributed by atoms with E-state index in [4.69, 9.17) is 4.74 Å². The largest absolute Gasteiger partial charge is 0.466 e. The average Bonchev–Trinajstić information content (AvgIpc) is 2.65. The monoisotopic (exact) mass is 168 g/mol. The number of esters is 1. The van der Waals surface area contributed by atoms with E-state index in [0.29, 0.717) is 6.61 Å². The third-order valence-electron chi connectivity index (χ3n) is 2.62. The molecule has 12 heavy (non-hydrogen) atoms. The zero-order valence-electron chi connectivity index (χ0n) is 6.93. The normalized spacial score (nSPS) is 42.5. The van der Waals surface area contributed by atoms with Crippen molar-refractivity contribution in [2.24, 2.45) is 17.8 Å². The first kappa shape index (κ1) is 7.80. The van der Waals surface area contributed by atoms with E-state index >= 15 is 0 Å². The van der Waals surface area contributed by atoms with Gasteiger partial charge in [-0.2, -0.15) is 0 Å². The molecule has 0 saturated heterocycles. The molecule has 0 amide bonds. The first-order valence-corrected chi connectivity index (χ1v) is 4.28. The van der Waals surface area contributed by atoms with Crippen molar-refractivity contribution in [3.8, 4) is 0 Å². The number of carbonyl (C=O) groups excluding carboxylic acids is 1. The summed E-state index contributed by atoms with van der Waals surface area (Å²) in [6, 6.07) is 0. The minimum Gasteiger partial charge on any atom is -0.466 e. The first-order valence-electron chi connectivity index (χ1n) is 4.28. The van der Waals surface area contributed by atoms with E-state index in [2.05, 4.69) is 0 Å². The third kappa shape index (κ3) is 0.966. The summed E-state index contributed by atoms with van der Waals surface area (Å²) in [5, 5.41) is 9.33. The number of rotatable bonds is 2. The van der Waals surface area contributed by atoms with Crippen LogP contribution in [0.1, 0.15) is 6.92 Å². The summed E-state index contributed by atoms with van der Waals surface area (Å²) in [6.45, 7) is 2.22. The molecule has 1 fully saturated rings. The fraction of sp³-hybridized carbons (Fsp3) is 0.667. The van der Waals surface area contributed by atoms with E-state index in [9.17, 15) is 9.90 Å². The second-order valence-corrected chi connectivity index (χ2v) is 3.31. The van der Waals surface area contributed by atoms with Crippen LogP contribution in [0.4, 0.5) is 0 Å². The van der Waals surface area contributed by atoms with Crippen molar-refractivity contribution in [3.05, 3.63) is 12.2 Å². The molecule has 2 rings (SSSR count). The van der Waals surface area contributed by atoms with Gasteiger partial charge in [0.25, 0.3) is 0 Å². The van der Waals surface area contributed by atoms with Crippen molar-refractivity contribution >= 4 is 5.97 Å². The van der Waals surface area contributed by atoms with Crippen molar-refractivity contribution in [1.82, 2.24) is 0 Å². The van der Waals surface area contributed by atoms with Gasteiger partial charge in [0.2, 0.25) is 0 Å². The van der Waals surface area contributed by atoms with E-state index < -0.39 is 6.10 Å². The second kappa shape index (κ2) is 2.59. The Hall–Kier alpha value is -0.830. The highest BCUT2D eigenvalue weighted by Gasteiger charge is 2.59. The van der Waals surface area contributed by atoms with Crippen LogP contribution >= 0.6 is 0 Å². The number of fused-ring (bicyclic) bond motifs is 1. The highest BCUT2D eigenvalue weighted by atomic mass is 16.5. The molecular weight excluding hydrogens is 156 g/mol. The number of hydrogen-bond donors (Lipinski definition) is 1. The molecule has 0 heterocycles. The molecule has 0 spiro atoms. The molecule has 66 valence electrons. The Morgan fingerprint density at radius 2 is 2.33 bits per heavy atom. The smallest absolute Gasteiger partial charge is 0.309 e. The summed E-state index contributed by atoms with van der Waals surface area (Å²) in [6.07, 6.45) is 3.24. The highest BCUT2D eigenvalue weighted by molar-refractivity contribution is 5.78. The van der Waals surface area contributed by atoms with Crippen LogP contribution in [0.2, 0.25) is 0 Å². The molecule has 1 N–H and O–H groups in total. The minimum atomic E-state index is -0.426. The predicted molar refractivity (Wildman–Crippen MR) is 42.2 cm³/mol. The molecule has 0 unspecified atom stereocenters. The molecular formula is C9H12O3. The fourth-order valence-corrected chi connectivity index (χ4v) is 1.97. The lowest BCUT2D eigenvalue weighted by Gasteiger charge is -2.03. The van der Waals surface area contributed by atoms with Crippen molar-refractivity contribution in [1.29, 1.82) is 0 Å². The number of aliphatic hydroxyl groups is 1. The minimum absolute atomic E-state index is 0.0649. The van der Waals surface area contributed by atoms with Gasteiger partial charge in [-0.1, -0.05) is 12.2 Å². The van der Waals surface area contributed by atoms with Gasteiger partial charge in [0, 0.05) is 5.92 Å². The number of aliphatic hydroxyl groups excluding tert-OH is 1. The summed E-state index contributed by atoms with van der Waals surface area (Å²) < 4.78 is 4.87. The Morgan fingerprint density at radius 3 is 2.83 bits per heavy atom. The highest BCUT2D eigenvalue weighted by Crippen LogP contribution is 2.54. The molecule has 0 aliphatic heterocycles. The predicted octanol–water partition coefficient (Wildman–Crippen LogP) is 0.342. The SMILES string of the molecule is CCOC(=O)[C@H]1[C@@H]2C=C[C@H](O)[C@@H]21. The average molecular weight is 168 g/mol. The molecule has 1 saturated carbocycles. The number of allylic oxidation sites excluding steroid dienone is 1. The molecule has 3 heteroatoms. The Balaban J connectivity index is 1.95. The second-order valence-electron chi connectivity index (χ2n) is 3.31. The maximum absolute atomic E-state index is 11.2. The molecule has 0 aromatic heterocycles. The van der Waals surface area contributed by atoms with Crippen molar-refractivity contribution < 1.29 is 14.6 Å². The number of hydrogen-bond acceptors (Lipinski definition) is 3. The summed E-state index contributed by atoms with van der Waals surface area (Å²) in [7, 11) is 0. The lowest BCUT2D eigenvalue weighted by atomic mass is 10.2. The zero-order chi connectivity index (χ0) is 8.72. The van der Waals surface area contributed by atoms with Gasteiger partial charge in [-0.25, -0.2) is 0 Å². The van der Waals surface area contributed by atoms with Crippen LogP contribution in [0.25, 0.3) is 0 Å². The van der Waals surface area contributed by atoms with Crippen LogP contribution < -0.4 is 0 Å². The number of carbonyl (C=O) groups is 1. The quantitative estimate of drug-likeness (QED) is 0.478. The Morgan fingerprint density at radius 1 is 1.58 bits per heavy atom. The van der Waals surface area contributed by atoms with E-state index in [1.165, 1.54) is 0 Å². The van der Waals surface area contributed by atoms with Crippen molar-refractivity contribution in [2.75, 3.05) is 6.61 Å². The summed E-state index contributed by atoms with van der Waals surface area (Å²) in [4.78, 5) is 11.2. The maximum Gasteiger partial charge on any atom is 0.309 e. The van der Waals surface area contributed by atoms with Gasteiger partial charge in [0.1, 0.15) is 0 Å². The Labute approximate surface area is 71.0 Å². The van der Waals surface area contributed by atoms with Crippen molar-refractivity contribution in [2.45, 2.75) is 13.0 Å². The topological polar surface area (TPSA) is 46.5 Å². The zero-order valence-corrected chi connectivity index (χ0v) is 6.93. The van der Waals surface area contributed by atoms with Gasteiger partial charge in [-0.05, 0) is 12.8 Å². The molecule has 0 radical (unpaired) electrons. The van der Waals surface area contributed by atoms with Crippen LogP contribution in [-0.4, -0.2) is 23.8 Å². The summed E-state index contributed by atoms with van der Waals surface area (Å²) in [5.74, 6) is 0.143. The van der Waals surface area contributed by atoms with Crippen LogP contribution in [0.15, 0.2) is 12.2 Å². The van der Waals surface area contributed by atoms with Crippen LogP contribution in [0.5, 0.6) is 0 Å². The first-order chi connectivity index (χ1) is 5.75. The van der Waals surface area contributed by atoms with E-state index in [1.807, 2.05) is 6.08 Å². The molecule has 0 aromatic rings. The van der Waals surface area contributed by atoms with Gasteiger partial charge in [0.05, 0.1) is 18.6 Å². The molecule has 0 aromatic carbocycles. The molecule has 2 aliphatic carbocycles. The van der Waals surface area contributed by atoms with Gasteiger partial charge in [0.15, 0.2) is 0 Å². The van der Waals surface area contributed by atoms with Crippen molar-refractivity contribution in [3.63, 3.8) is 0 Å². The number of ether oxygens (including phenoxy) is 1. The maximum atomic E-state index is 11.2. The van der Waals surface area contributed by atoms with E-state index in [0.717, 1.165) is 0 Å². The van der Waals surface area contributed by atoms with Gasteiger partial charge in [-0.3, -0.25) is 4.79 Å². The Bertz CT molecular complexity index is 234. The molecule has 0 bridgehead atoms. The van der Waals surface area contributed by atoms with Gasteiger partial charge in [-0.15, -0.1) is 0 Å². The molecule has 4 atom stereocenters. The van der Waals surface area contributed by atoms with E-state index in [1.54, 1.807) is 13.0 Å². The summed E-state index contributed by atoms with van der Waals surface area (Å²) >= 11 is 0. The van der Waals surface area contributed by atoms with Gasteiger partial charge >= 0.3 is 5.97 Å². The third-order valence-corrected chi connectivity index (χ3v) is 2.62. The van der Waals surface area contributed by atoms with Gasteiger partial charge < -0.3 is 9.84 Å².